The highest BCUT2D eigenvalue weighted by molar-refractivity contribution is 5.94. The fraction of sp³-hybridized carbons (Fsp3) is 0. The van der Waals surface area contributed by atoms with Crippen LogP contribution >= 0.6 is 0 Å². The minimum Gasteiger partial charge on any atom is -0.506 e. The molecule has 0 fully saturated rings. The molecule has 0 aliphatic carbocycles. The molecule has 0 aliphatic heterocycles. The number of hydrogen-bond acceptors (Lipinski definition) is 7. The third-order valence-electron chi connectivity index (χ3n) is 3.60. The van der Waals surface area contributed by atoms with Crippen molar-refractivity contribution in [3.63, 3.8) is 0 Å². The highest BCUT2D eigenvalue weighted by Crippen LogP contribution is 2.33. The number of benzene rings is 2. The lowest BCUT2D eigenvalue weighted by Crippen LogP contribution is -2.35. The van der Waals surface area contributed by atoms with Gasteiger partial charge < -0.3 is 26.0 Å². The minimum atomic E-state index is -1.33. The van der Waals surface area contributed by atoms with Crippen molar-refractivity contribution in [3.05, 3.63) is 68.5 Å². The van der Waals surface area contributed by atoms with Gasteiger partial charge >= 0.3 is 5.97 Å². The standard InChI is InChI=1S/C17H12N2O6/c20-11-7-2-1-5-9(11)18-12-13(16(23)15(12)22)19-10-6-3-4-8(14(10)21)17(24)25/h1-7,18-21H,(H,24,25). The van der Waals surface area contributed by atoms with Crippen molar-refractivity contribution in [2.75, 3.05) is 10.6 Å². The molecule has 0 aromatic heterocycles. The Hall–Kier alpha value is -3.81. The normalized spacial score (nSPS) is 10.6. The van der Waals surface area contributed by atoms with Crippen LogP contribution < -0.4 is 21.5 Å². The predicted octanol–water partition coefficient (Wildman–Crippen LogP) is 1.88. The number of rotatable bonds is 5. The molecule has 8 heteroatoms. The van der Waals surface area contributed by atoms with Gasteiger partial charge in [-0.3, -0.25) is 9.59 Å². The first kappa shape index (κ1) is 16.1. The summed E-state index contributed by atoms with van der Waals surface area (Å²) in [4.78, 5) is 34.6. The summed E-state index contributed by atoms with van der Waals surface area (Å²) in [7, 11) is 0. The number of carbonyl (C=O) groups is 1. The Kier molecular flexibility index (Phi) is 3.86. The average Bonchev–Trinajstić information content (AvgIpc) is 2.60. The number of phenolic OH excluding ortho intramolecular Hbond substituents is 1. The first-order valence-corrected chi connectivity index (χ1v) is 7.10. The number of aromatic hydroxyl groups is 2. The van der Waals surface area contributed by atoms with Crippen LogP contribution in [0.2, 0.25) is 0 Å². The SMILES string of the molecule is O=C(O)c1cccc(Nc2c(Nc3ccccc3O)c(=O)c2=O)c1O. The second kappa shape index (κ2) is 6.00. The molecule has 3 aromatic carbocycles. The number of carboxylic acid groups (broad SMARTS) is 1. The topological polar surface area (TPSA) is 136 Å². The van der Waals surface area contributed by atoms with Crippen LogP contribution in [0.4, 0.5) is 22.7 Å². The van der Waals surface area contributed by atoms with E-state index in [1.54, 1.807) is 12.1 Å². The maximum absolute atomic E-state index is 11.8. The molecule has 0 atom stereocenters. The molecule has 5 N–H and O–H groups in total. The van der Waals surface area contributed by atoms with Crippen molar-refractivity contribution in [2.45, 2.75) is 0 Å². The molecule has 0 bridgehead atoms. The zero-order valence-electron chi connectivity index (χ0n) is 12.6. The fourth-order valence-electron chi connectivity index (χ4n) is 2.30. The molecule has 3 rings (SSSR count). The van der Waals surface area contributed by atoms with Crippen LogP contribution in [0, 0.1) is 0 Å². The van der Waals surface area contributed by atoms with E-state index in [2.05, 4.69) is 10.6 Å². The number of para-hydroxylation sites is 3. The summed E-state index contributed by atoms with van der Waals surface area (Å²) < 4.78 is 0. The number of hydrogen-bond donors (Lipinski definition) is 5. The van der Waals surface area contributed by atoms with Gasteiger partial charge in [0.2, 0.25) is 0 Å². The first-order chi connectivity index (χ1) is 11.9. The van der Waals surface area contributed by atoms with Crippen LogP contribution in [0.1, 0.15) is 10.4 Å². The van der Waals surface area contributed by atoms with Gasteiger partial charge in [0.25, 0.3) is 10.9 Å². The molecule has 126 valence electrons. The Bertz CT molecular complexity index is 1050. The van der Waals surface area contributed by atoms with E-state index in [4.69, 9.17) is 5.11 Å². The molecule has 25 heavy (non-hydrogen) atoms. The van der Waals surface area contributed by atoms with Crippen LogP contribution in [0.3, 0.4) is 0 Å². The molecule has 0 amide bonds. The zero-order chi connectivity index (χ0) is 18.1. The summed E-state index contributed by atoms with van der Waals surface area (Å²) in [6, 6.07) is 10.1. The Morgan fingerprint density at radius 2 is 1.36 bits per heavy atom. The quantitative estimate of drug-likeness (QED) is 0.351. The summed E-state index contributed by atoms with van der Waals surface area (Å²) in [5.41, 5.74) is -2.00. The van der Waals surface area contributed by atoms with Gasteiger partial charge in [-0.2, -0.15) is 0 Å². The highest BCUT2D eigenvalue weighted by Gasteiger charge is 2.23. The lowest BCUT2D eigenvalue weighted by atomic mass is 10.1. The number of anilines is 4. The molecule has 0 unspecified atom stereocenters. The van der Waals surface area contributed by atoms with Gasteiger partial charge in [0, 0.05) is 0 Å². The van der Waals surface area contributed by atoms with Crippen LogP contribution in [-0.2, 0) is 0 Å². The smallest absolute Gasteiger partial charge is 0.339 e. The van der Waals surface area contributed by atoms with Crippen molar-refractivity contribution in [3.8, 4) is 11.5 Å². The number of aromatic carboxylic acids is 1. The van der Waals surface area contributed by atoms with Gasteiger partial charge in [-0.05, 0) is 24.3 Å². The number of carboxylic acids is 1. The lowest BCUT2D eigenvalue weighted by molar-refractivity contribution is 0.0694. The summed E-state index contributed by atoms with van der Waals surface area (Å²) in [5, 5.41) is 33.9. The van der Waals surface area contributed by atoms with Crippen LogP contribution in [0.15, 0.2) is 52.1 Å². The van der Waals surface area contributed by atoms with E-state index in [9.17, 15) is 24.6 Å². The lowest BCUT2D eigenvalue weighted by Gasteiger charge is -2.16. The van der Waals surface area contributed by atoms with Crippen LogP contribution in [0.25, 0.3) is 0 Å². The first-order valence-electron chi connectivity index (χ1n) is 7.10. The van der Waals surface area contributed by atoms with E-state index in [1.807, 2.05) is 0 Å². The molecule has 0 aliphatic rings. The Morgan fingerprint density at radius 3 is 1.96 bits per heavy atom. The van der Waals surface area contributed by atoms with E-state index < -0.39 is 22.6 Å². The summed E-state index contributed by atoms with van der Waals surface area (Å²) in [6.07, 6.45) is 0. The average molecular weight is 340 g/mol. The number of phenols is 2. The van der Waals surface area contributed by atoms with E-state index in [0.717, 1.165) is 0 Å². The molecule has 3 aromatic rings. The number of nitrogens with one attached hydrogen (secondary N) is 2. The third-order valence-corrected chi connectivity index (χ3v) is 3.60. The monoisotopic (exact) mass is 340 g/mol. The van der Waals surface area contributed by atoms with Gasteiger partial charge in [0.1, 0.15) is 22.7 Å². The molecule has 0 radical (unpaired) electrons. The van der Waals surface area contributed by atoms with E-state index in [0.29, 0.717) is 0 Å². The van der Waals surface area contributed by atoms with Crippen molar-refractivity contribution < 1.29 is 20.1 Å². The second-order valence-electron chi connectivity index (χ2n) is 5.18. The Morgan fingerprint density at radius 1 is 0.800 bits per heavy atom. The molecule has 0 spiro atoms. The van der Waals surface area contributed by atoms with E-state index in [-0.39, 0.29) is 34.1 Å². The van der Waals surface area contributed by atoms with E-state index >= 15 is 0 Å². The molecule has 8 nitrogen and oxygen atoms in total. The van der Waals surface area contributed by atoms with Crippen molar-refractivity contribution in [1.29, 1.82) is 0 Å². The summed E-state index contributed by atoms with van der Waals surface area (Å²) in [6.45, 7) is 0. The van der Waals surface area contributed by atoms with Crippen LogP contribution in [-0.4, -0.2) is 21.3 Å². The molecule has 0 saturated heterocycles. The molecule has 0 heterocycles. The fourth-order valence-corrected chi connectivity index (χ4v) is 2.30. The van der Waals surface area contributed by atoms with Crippen molar-refractivity contribution >= 4 is 28.7 Å². The van der Waals surface area contributed by atoms with Crippen molar-refractivity contribution in [2.24, 2.45) is 0 Å². The van der Waals surface area contributed by atoms with Gasteiger partial charge in [0.05, 0.1) is 11.4 Å². The second-order valence-corrected chi connectivity index (χ2v) is 5.18. The van der Waals surface area contributed by atoms with Crippen molar-refractivity contribution in [1.82, 2.24) is 0 Å². The molecular weight excluding hydrogens is 328 g/mol. The predicted molar refractivity (Wildman–Crippen MR) is 91.1 cm³/mol. The van der Waals surface area contributed by atoms with Gasteiger partial charge in [-0.25, -0.2) is 4.79 Å². The summed E-state index contributed by atoms with van der Waals surface area (Å²) >= 11 is 0. The van der Waals surface area contributed by atoms with Gasteiger partial charge in [0.15, 0.2) is 5.75 Å². The van der Waals surface area contributed by atoms with Crippen LogP contribution in [0.5, 0.6) is 11.5 Å². The molecular formula is C17H12N2O6. The van der Waals surface area contributed by atoms with Gasteiger partial charge in [-0.15, -0.1) is 0 Å². The Balaban J connectivity index is 1.96. The van der Waals surface area contributed by atoms with E-state index in [1.165, 1.54) is 30.3 Å². The highest BCUT2D eigenvalue weighted by atomic mass is 16.4. The minimum absolute atomic E-state index is 0.0349. The van der Waals surface area contributed by atoms with Gasteiger partial charge in [-0.1, -0.05) is 18.2 Å². The maximum atomic E-state index is 11.8. The summed E-state index contributed by atoms with van der Waals surface area (Å²) in [5.74, 6) is -2.01. The zero-order valence-corrected chi connectivity index (χ0v) is 12.6. The largest absolute Gasteiger partial charge is 0.506 e. The maximum Gasteiger partial charge on any atom is 0.339 e. The third kappa shape index (κ3) is 2.76. The Labute approximate surface area is 140 Å². The molecule has 0 saturated carbocycles.